The Bertz CT molecular complexity index is 1390. The highest BCUT2D eigenvalue weighted by molar-refractivity contribution is 5.97. The Balaban J connectivity index is 1.42. The third kappa shape index (κ3) is 4.69. The number of aromatic nitrogens is 2. The van der Waals surface area contributed by atoms with E-state index in [1.165, 1.54) is 18.9 Å². The van der Waals surface area contributed by atoms with E-state index in [0.717, 1.165) is 44.0 Å². The van der Waals surface area contributed by atoms with Crippen LogP contribution in [0.5, 0.6) is 0 Å². The first-order valence-electron chi connectivity index (χ1n) is 13.1. The second kappa shape index (κ2) is 10.3. The smallest absolute Gasteiger partial charge is 0.251 e. The summed E-state index contributed by atoms with van der Waals surface area (Å²) in [6.45, 7) is 6.19. The van der Waals surface area contributed by atoms with Crippen molar-refractivity contribution in [3.8, 4) is 22.5 Å². The van der Waals surface area contributed by atoms with Crippen molar-refractivity contribution in [3.05, 3.63) is 58.8 Å². The molecule has 4 heterocycles. The SMILES string of the molecule is Nc1nc(F)c(-c2ccc(N3CCOCC3)c(CN3CCCC3)c2)nc1-c1cc2c(cc1F)C(=O)NCC2. The summed E-state index contributed by atoms with van der Waals surface area (Å²) >= 11 is 0. The number of nitrogen functional groups attached to an aromatic ring is 1. The van der Waals surface area contributed by atoms with Crippen molar-refractivity contribution in [2.75, 3.05) is 56.6 Å². The second-order valence-corrected chi connectivity index (χ2v) is 10.0. The average molecular weight is 521 g/mol. The molecule has 0 atom stereocenters. The molecule has 3 aliphatic heterocycles. The number of halogens is 2. The van der Waals surface area contributed by atoms with Gasteiger partial charge >= 0.3 is 0 Å². The number of hydrogen-bond donors (Lipinski definition) is 2. The number of hydrogen-bond acceptors (Lipinski definition) is 7. The summed E-state index contributed by atoms with van der Waals surface area (Å²) in [5.74, 6) is -1.99. The number of amides is 1. The summed E-state index contributed by atoms with van der Waals surface area (Å²) < 4.78 is 35.9. The molecule has 1 aromatic heterocycles. The molecule has 0 aliphatic carbocycles. The van der Waals surface area contributed by atoms with Crippen LogP contribution in [0, 0.1) is 11.8 Å². The van der Waals surface area contributed by atoms with Gasteiger partial charge in [-0.2, -0.15) is 9.37 Å². The van der Waals surface area contributed by atoms with Crippen LogP contribution in [0.3, 0.4) is 0 Å². The first-order chi connectivity index (χ1) is 18.5. The number of ether oxygens (including phenoxy) is 1. The van der Waals surface area contributed by atoms with Crippen molar-refractivity contribution in [1.29, 1.82) is 0 Å². The van der Waals surface area contributed by atoms with Gasteiger partial charge in [-0.15, -0.1) is 0 Å². The number of rotatable bonds is 5. The quantitative estimate of drug-likeness (QED) is 0.532. The molecule has 0 radical (unpaired) electrons. The molecule has 0 unspecified atom stereocenters. The van der Waals surface area contributed by atoms with Crippen molar-refractivity contribution in [2.24, 2.45) is 0 Å². The fourth-order valence-electron chi connectivity index (χ4n) is 5.59. The zero-order valence-electron chi connectivity index (χ0n) is 21.1. The molecule has 10 heteroatoms. The topological polar surface area (TPSA) is 96.6 Å². The number of anilines is 2. The number of nitrogens with one attached hydrogen (secondary N) is 1. The van der Waals surface area contributed by atoms with Crippen molar-refractivity contribution in [3.63, 3.8) is 0 Å². The maximum atomic E-state index is 15.2. The minimum Gasteiger partial charge on any atom is -0.382 e. The molecule has 8 nitrogen and oxygen atoms in total. The van der Waals surface area contributed by atoms with E-state index in [9.17, 15) is 4.79 Å². The van der Waals surface area contributed by atoms with E-state index in [0.29, 0.717) is 37.3 Å². The molecular formula is C28H30F2N6O2. The molecule has 0 saturated carbocycles. The first kappa shape index (κ1) is 24.7. The Kier molecular flexibility index (Phi) is 6.67. The summed E-state index contributed by atoms with van der Waals surface area (Å²) in [5.41, 5.74) is 9.95. The Morgan fingerprint density at radius 2 is 1.76 bits per heavy atom. The van der Waals surface area contributed by atoms with Gasteiger partial charge in [0.05, 0.1) is 13.2 Å². The van der Waals surface area contributed by atoms with E-state index in [1.54, 1.807) is 6.07 Å². The van der Waals surface area contributed by atoms with Gasteiger partial charge in [0.25, 0.3) is 5.91 Å². The standard InChI is InChI=1S/C28H30F2N6O2/c29-22-15-20-17(5-6-32-28(20)37)14-21(22)25-27(31)34-26(30)24(33-25)18-3-4-23(36-9-11-38-12-10-36)19(13-18)16-35-7-1-2-8-35/h3-4,13-15H,1-2,5-12,16H2,(H2,31,34)(H,32,37). The molecule has 6 rings (SSSR count). The Labute approximate surface area is 219 Å². The lowest BCUT2D eigenvalue weighted by molar-refractivity contribution is 0.0945. The average Bonchev–Trinajstić information content (AvgIpc) is 3.43. The number of carbonyl (C=O) groups excluding carboxylic acids is 1. The lowest BCUT2D eigenvalue weighted by atomic mass is 9.96. The van der Waals surface area contributed by atoms with Crippen LogP contribution in [0.2, 0.25) is 0 Å². The normalized spacial score (nSPS) is 17.9. The maximum absolute atomic E-state index is 15.2. The summed E-state index contributed by atoms with van der Waals surface area (Å²) in [6, 6.07) is 8.56. The largest absolute Gasteiger partial charge is 0.382 e. The van der Waals surface area contributed by atoms with Gasteiger partial charge < -0.3 is 20.7 Å². The van der Waals surface area contributed by atoms with Crippen LogP contribution in [0.25, 0.3) is 22.5 Å². The van der Waals surface area contributed by atoms with Crippen LogP contribution < -0.4 is 16.0 Å². The third-order valence-corrected chi connectivity index (χ3v) is 7.55. The lowest BCUT2D eigenvalue weighted by Crippen LogP contribution is -2.37. The minimum absolute atomic E-state index is 0.0141. The highest BCUT2D eigenvalue weighted by Gasteiger charge is 2.25. The van der Waals surface area contributed by atoms with Crippen molar-refractivity contribution >= 4 is 17.4 Å². The van der Waals surface area contributed by atoms with Gasteiger partial charge in [0, 0.05) is 48.6 Å². The number of benzene rings is 2. The Morgan fingerprint density at radius 1 is 0.974 bits per heavy atom. The van der Waals surface area contributed by atoms with Crippen LogP contribution >= 0.6 is 0 Å². The van der Waals surface area contributed by atoms with Gasteiger partial charge in [-0.05, 0) is 67.7 Å². The number of carbonyl (C=O) groups is 1. The van der Waals surface area contributed by atoms with E-state index in [2.05, 4.69) is 25.1 Å². The number of morpholine rings is 1. The zero-order chi connectivity index (χ0) is 26.2. The predicted molar refractivity (Wildman–Crippen MR) is 141 cm³/mol. The fourth-order valence-corrected chi connectivity index (χ4v) is 5.59. The maximum Gasteiger partial charge on any atom is 0.251 e. The fraction of sp³-hybridized carbons (Fsp3) is 0.393. The predicted octanol–water partition coefficient (Wildman–Crippen LogP) is 3.39. The van der Waals surface area contributed by atoms with Crippen molar-refractivity contribution < 1.29 is 18.3 Å². The van der Waals surface area contributed by atoms with Crippen LogP contribution in [-0.4, -0.2) is 66.7 Å². The molecule has 3 N–H and O–H groups in total. The first-order valence-corrected chi connectivity index (χ1v) is 13.1. The van der Waals surface area contributed by atoms with Crippen LogP contribution in [0.15, 0.2) is 30.3 Å². The van der Waals surface area contributed by atoms with E-state index >= 15 is 8.78 Å². The summed E-state index contributed by atoms with van der Waals surface area (Å²) in [6.07, 6.45) is 2.89. The highest BCUT2D eigenvalue weighted by Crippen LogP contribution is 2.34. The van der Waals surface area contributed by atoms with Crippen molar-refractivity contribution in [2.45, 2.75) is 25.8 Å². The van der Waals surface area contributed by atoms with E-state index in [-0.39, 0.29) is 34.2 Å². The van der Waals surface area contributed by atoms with E-state index < -0.39 is 11.8 Å². The number of likely N-dealkylation sites (tertiary alicyclic amines) is 1. The Hall–Kier alpha value is -3.63. The van der Waals surface area contributed by atoms with Crippen molar-refractivity contribution in [1.82, 2.24) is 20.2 Å². The zero-order valence-corrected chi connectivity index (χ0v) is 21.1. The molecule has 2 saturated heterocycles. The van der Waals surface area contributed by atoms with Gasteiger partial charge in [0.1, 0.15) is 17.2 Å². The molecular weight excluding hydrogens is 490 g/mol. The minimum atomic E-state index is -0.810. The number of nitrogens with two attached hydrogens (primary N) is 1. The van der Waals surface area contributed by atoms with Crippen LogP contribution in [-0.2, 0) is 17.7 Å². The summed E-state index contributed by atoms with van der Waals surface area (Å²) in [7, 11) is 0. The number of nitrogens with zero attached hydrogens (tertiary/aromatic N) is 4. The highest BCUT2D eigenvalue weighted by atomic mass is 19.1. The molecule has 2 aromatic carbocycles. The molecule has 0 spiro atoms. The molecule has 2 fully saturated rings. The van der Waals surface area contributed by atoms with Gasteiger partial charge in [-0.1, -0.05) is 6.07 Å². The number of fused-ring (bicyclic) bond motifs is 1. The van der Waals surface area contributed by atoms with Gasteiger partial charge in [-0.3, -0.25) is 9.69 Å². The van der Waals surface area contributed by atoms with E-state index in [4.69, 9.17) is 10.5 Å². The lowest BCUT2D eigenvalue weighted by Gasteiger charge is -2.31. The van der Waals surface area contributed by atoms with Crippen LogP contribution in [0.1, 0.15) is 34.3 Å². The monoisotopic (exact) mass is 520 g/mol. The van der Waals surface area contributed by atoms with Crippen LogP contribution in [0.4, 0.5) is 20.3 Å². The van der Waals surface area contributed by atoms with Gasteiger partial charge in [-0.25, -0.2) is 9.37 Å². The molecule has 0 bridgehead atoms. The third-order valence-electron chi connectivity index (χ3n) is 7.55. The summed E-state index contributed by atoms with van der Waals surface area (Å²) in [5, 5.41) is 2.71. The van der Waals surface area contributed by atoms with Gasteiger partial charge in [0.2, 0.25) is 5.95 Å². The second-order valence-electron chi connectivity index (χ2n) is 10.0. The molecule has 198 valence electrons. The molecule has 1 amide bonds. The molecule has 3 aromatic rings. The Morgan fingerprint density at radius 3 is 2.55 bits per heavy atom. The van der Waals surface area contributed by atoms with E-state index in [1.807, 2.05) is 18.2 Å². The van der Waals surface area contributed by atoms with Gasteiger partial charge in [0.15, 0.2) is 5.82 Å². The summed E-state index contributed by atoms with van der Waals surface area (Å²) in [4.78, 5) is 25.3. The molecule has 3 aliphatic rings. The molecule has 38 heavy (non-hydrogen) atoms.